The molecule has 0 radical (unpaired) electrons. The molecule has 0 saturated heterocycles. The Morgan fingerprint density at radius 1 is 1.64 bits per heavy atom. The monoisotopic (exact) mass is 192 g/mol. The van der Waals surface area contributed by atoms with Gasteiger partial charge in [0.15, 0.2) is 0 Å². The normalized spacial score (nSPS) is 10.4. The molecule has 14 heavy (non-hydrogen) atoms. The first-order valence-corrected chi connectivity index (χ1v) is 4.84. The van der Waals surface area contributed by atoms with Crippen LogP contribution in [-0.2, 0) is 13.6 Å². The van der Waals surface area contributed by atoms with Crippen LogP contribution in [0.3, 0.4) is 0 Å². The van der Waals surface area contributed by atoms with Gasteiger partial charge in [0.1, 0.15) is 0 Å². The van der Waals surface area contributed by atoms with Gasteiger partial charge in [-0.25, -0.2) is 0 Å². The van der Waals surface area contributed by atoms with Crippen LogP contribution < -0.4 is 0 Å². The fourth-order valence-electron chi connectivity index (χ4n) is 1.41. The summed E-state index contributed by atoms with van der Waals surface area (Å²) in [5.41, 5.74) is 1.02. The quantitative estimate of drug-likeness (QED) is 0.657. The third-order valence-corrected chi connectivity index (χ3v) is 1.99. The minimum absolute atomic E-state index is 0.477. The second-order valence-corrected chi connectivity index (χ2v) is 3.35. The van der Waals surface area contributed by atoms with Crippen molar-refractivity contribution in [3.63, 3.8) is 0 Å². The number of aromatic nitrogens is 2. The van der Waals surface area contributed by atoms with Gasteiger partial charge >= 0.3 is 0 Å². The predicted octanol–water partition coefficient (Wildman–Crippen LogP) is 1.16. The molecule has 4 heteroatoms. The first kappa shape index (κ1) is 10.7. The molecule has 0 aliphatic carbocycles. The van der Waals surface area contributed by atoms with Gasteiger partial charge in [-0.2, -0.15) is 10.4 Å². The molecule has 0 fully saturated rings. The summed E-state index contributed by atoms with van der Waals surface area (Å²) in [4.78, 5) is 2.10. The molecule has 1 aromatic rings. The average molecular weight is 192 g/mol. The van der Waals surface area contributed by atoms with E-state index in [4.69, 9.17) is 5.26 Å². The SMILES string of the molecule is CCCN(CC#N)Cc1ccn(C)n1. The Kier molecular flexibility index (Phi) is 4.14. The van der Waals surface area contributed by atoms with Crippen LogP contribution in [0.15, 0.2) is 12.3 Å². The van der Waals surface area contributed by atoms with E-state index < -0.39 is 0 Å². The van der Waals surface area contributed by atoms with Crippen molar-refractivity contribution in [2.24, 2.45) is 7.05 Å². The summed E-state index contributed by atoms with van der Waals surface area (Å²) in [6.07, 6.45) is 2.99. The maximum atomic E-state index is 8.63. The molecule has 4 nitrogen and oxygen atoms in total. The van der Waals surface area contributed by atoms with Crippen LogP contribution in [0.4, 0.5) is 0 Å². The summed E-state index contributed by atoms with van der Waals surface area (Å²) in [5.74, 6) is 0. The van der Waals surface area contributed by atoms with Crippen molar-refractivity contribution in [1.82, 2.24) is 14.7 Å². The van der Waals surface area contributed by atoms with Gasteiger partial charge in [0.2, 0.25) is 0 Å². The second kappa shape index (κ2) is 5.40. The number of nitriles is 1. The van der Waals surface area contributed by atoms with E-state index in [2.05, 4.69) is 23.0 Å². The number of hydrogen-bond acceptors (Lipinski definition) is 3. The van der Waals surface area contributed by atoms with Crippen molar-refractivity contribution < 1.29 is 0 Å². The minimum Gasteiger partial charge on any atom is -0.285 e. The first-order valence-electron chi connectivity index (χ1n) is 4.84. The molecule has 0 spiro atoms. The van der Waals surface area contributed by atoms with Gasteiger partial charge in [0, 0.05) is 19.8 Å². The summed E-state index contributed by atoms with van der Waals surface area (Å²) in [7, 11) is 1.90. The summed E-state index contributed by atoms with van der Waals surface area (Å²) in [6.45, 7) is 4.31. The van der Waals surface area contributed by atoms with E-state index in [-0.39, 0.29) is 0 Å². The van der Waals surface area contributed by atoms with Crippen LogP contribution >= 0.6 is 0 Å². The van der Waals surface area contributed by atoms with Crippen molar-refractivity contribution in [1.29, 1.82) is 5.26 Å². The van der Waals surface area contributed by atoms with E-state index >= 15 is 0 Å². The molecule has 76 valence electrons. The summed E-state index contributed by atoms with van der Waals surface area (Å²) in [5, 5.41) is 12.9. The van der Waals surface area contributed by atoms with Crippen molar-refractivity contribution in [2.45, 2.75) is 19.9 Å². The van der Waals surface area contributed by atoms with E-state index in [0.29, 0.717) is 6.54 Å². The van der Waals surface area contributed by atoms with Crippen molar-refractivity contribution in [3.8, 4) is 6.07 Å². The maximum absolute atomic E-state index is 8.63. The van der Waals surface area contributed by atoms with Gasteiger partial charge < -0.3 is 0 Å². The molecule has 0 aliphatic rings. The highest BCUT2D eigenvalue weighted by Gasteiger charge is 2.05. The number of hydrogen-bond donors (Lipinski definition) is 0. The Morgan fingerprint density at radius 2 is 2.43 bits per heavy atom. The lowest BCUT2D eigenvalue weighted by Crippen LogP contribution is -2.24. The van der Waals surface area contributed by atoms with Gasteiger partial charge in [-0.1, -0.05) is 6.92 Å². The molecule has 0 aromatic carbocycles. The number of rotatable bonds is 5. The zero-order valence-corrected chi connectivity index (χ0v) is 8.77. The van der Waals surface area contributed by atoms with E-state index in [1.165, 1.54) is 0 Å². The topological polar surface area (TPSA) is 44.9 Å². The Morgan fingerprint density at radius 3 is 2.93 bits per heavy atom. The molecule has 0 amide bonds. The van der Waals surface area contributed by atoms with Crippen LogP contribution in [-0.4, -0.2) is 27.8 Å². The van der Waals surface area contributed by atoms with Crippen LogP contribution in [0.5, 0.6) is 0 Å². The van der Waals surface area contributed by atoms with Crippen LogP contribution in [0.1, 0.15) is 19.0 Å². The molecular formula is C10H16N4. The molecule has 0 aliphatic heterocycles. The van der Waals surface area contributed by atoms with Gasteiger partial charge in [-0.05, 0) is 19.0 Å². The minimum atomic E-state index is 0.477. The number of aryl methyl sites for hydroxylation is 1. The van der Waals surface area contributed by atoms with Crippen molar-refractivity contribution in [2.75, 3.05) is 13.1 Å². The van der Waals surface area contributed by atoms with Crippen LogP contribution in [0, 0.1) is 11.3 Å². The first-order chi connectivity index (χ1) is 6.76. The van der Waals surface area contributed by atoms with Crippen molar-refractivity contribution >= 4 is 0 Å². The largest absolute Gasteiger partial charge is 0.285 e. The third-order valence-electron chi connectivity index (χ3n) is 1.99. The van der Waals surface area contributed by atoms with Crippen LogP contribution in [0.25, 0.3) is 0 Å². The maximum Gasteiger partial charge on any atom is 0.0869 e. The van der Waals surface area contributed by atoms with Crippen molar-refractivity contribution in [3.05, 3.63) is 18.0 Å². The molecular weight excluding hydrogens is 176 g/mol. The van der Waals surface area contributed by atoms with E-state index in [9.17, 15) is 0 Å². The lowest BCUT2D eigenvalue weighted by atomic mass is 10.3. The second-order valence-electron chi connectivity index (χ2n) is 3.35. The molecule has 0 bridgehead atoms. The van der Waals surface area contributed by atoms with Gasteiger partial charge in [0.25, 0.3) is 0 Å². The Balaban J connectivity index is 2.51. The third kappa shape index (κ3) is 3.19. The lowest BCUT2D eigenvalue weighted by Gasteiger charge is -2.16. The Hall–Kier alpha value is -1.34. The zero-order valence-electron chi connectivity index (χ0n) is 8.77. The van der Waals surface area contributed by atoms with E-state index in [0.717, 1.165) is 25.2 Å². The van der Waals surface area contributed by atoms with E-state index in [1.54, 1.807) is 4.68 Å². The highest BCUT2D eigenvalue weighted by atomic mass is 15.3. The molecule has 1 rings (SSSR count). The summed E-state index contributed by atoms with van der Waals surface area (Å²) < 4.78 is 1.78. The highest BCUT2D eigenvalue weighted by Crippen LogP contribution is 2.01. The number of nitrogens with zero attached hydrogens (tertiary/aromatic N) is 4. The molecule has 1 heterocycles. The highest BCUT2D eigenvalue weighted by molar-refractivity contribution is 4.99. The molecule has 0 unspecified atom stereocenters. The molecule has 0 atom stereocenters. The Labute approximate surface area is 84.7 Å². The zero-order chi connectivity index (χ0) is 10.4. The van der Waals surface area contributed by atoms with Crippen LogP contribution in [0.2, 0.25) is 0 Å². The average Bonchev–Trinajstić information content (AvgIpc) is 2.52. The standard InChI is InChI=1S/C10H16N4/c1-3-6-14(8-5-11)9-10-4-7-13(2)12-10/h4,7H,3,6,8-9H2,1-2H3. The van der Waals surface area contributed by atoms with Gasteiger partial charge in [-0.15, -0.1) is 0 Å². The Bertz CT molecular complexity index is 310. The lowest BCUT2D eigenvalue weighted by molar-refractivity contribution is 0.294. The predicted molar refractivity (Wildman–Crippen MR) is 54.4 cm³/mol. The fraction of sp³-hybridized carbons (Fsp3) is 0.600. The molecule has 1 aromatic heterocycles. The summed E-state index contributed by atoms with van der Waals surface area (Å²) >= 11 is 0. The molecule has 0 saturated carbocycles. The fourth-order valence-corrected chi connectivity index (χ4v) is 1.41. The van der Waals surface area contributed by atoms with Gasteiger partial charge in [-0.3, -0.25) is 9.58 Å². The van der Waals surface area contributed by atoms with Gasteiger partial charge in [0.05, 0.1) is 18.3 Å². The van der Waals surface area contributed by atoms with E-state index in [1.807, 2.05) is 19.3 Å². The smallest absolute Gasteiger partial charge is 0.0869 e. The molecule has 0 N–H and O–H groups in total. The summed E-state index contributed by atoms with van der Waals surface area (Å²) in [6, 6.07) is 4.16.